The van der Waals surface area contributed by atoms with Crippen molar-refractivity contribution in [1.82, 2.24) is 5.32 Å². The van der Waals surface area contributed by atoms with E-state index in [0.29, 0.717) is 6.10 Å². The summed E-state index contributed by atoms with van der Waals surface area (Å²) in [7, 11) is 0. The van der Waals surface area contributed by atoms with Crippen LogP contribution in [0.1, 0.15) is 37.7 Å². The van der Waals surface area contributed by atoms with Crippen LogP contribution >= 0.6 is 15.9 Å². The van der Waals surface area contributed by atoms with Crippen LogP contribution in [0.2, 0.25) is 0 Å². The Morgan fingerprint density at radius 2 is 2.10 bits per heavy atom. The molecule has 1 aromatic rings. The lowest BCUT2D eigenvalue weighted by molar-refractivity contribution is 0.0296. The van der Waals surface area contributed by atoms with Crippen molar-refractivity contribution in [2.45, 2.75) is 50.7 Å². The molecule has 0 bridgehead atoms. The molecule has 1 saturated carbocycles. The molecule has 1 N–H and O–H groups in total. The normalized spacial score (nSPS) is 22.0. The maximum absolute atomic E-state index is 5.93. The Balaban J connectivity index is 1.30. The van der Waals surface area contributed by atoms with Crippen molar-refractivity contribution in [3.63, 3.8) is 0 Å². The van der Waals surface area contributed by atoms with Crippen LogP contribution in [0.4, 0.5) is 0 Å². The summed E-state index contributed by atoms with van der Waals surface area (Å²) in [6.07, 6.45) is 8.29. The number of fused-ring (bicyclic) bond motifs is 1. The number of halogens is 1. The van der Waals surface area contributed by atoms with Gasteiger partial charge in [0.15, 0.2) is 0 Å². The van der Waals surface area contributed by atoms with Gasteiger partial charge in [0.05, 0.1) is 12.7 Å². The van der Waals surface area contributed by atoms with Crippen LogP contribution < -0.4 is 10.1 Å². The first-order valence-electron chi connectivity index (χ1n) is 8.08. The summed E-state index contributed by atoms with van der Waals surface area (Å²) < 4.78 is 13.0. The van der Waals surface area contributed by atoms with Gasteiger partial charge in [-0.3, -0.25) is 0 Å². The summed E-state index contributed by atoms with van der Waals surface area (Å²) in [5.74, 6) is 1.03. The summed E-state index contributed by atoms with van der Waals surface area (Å²) in [5.41, 5.74) is 1.30. The van der Waals surface area contributed by atoms with Crippen molar-refractivity contribution < 1.29 is 9.47 Å². The number of benzene rings is 1. The average molecular weight is 354 g/mol. The van der Waals surface area contributed by atoms with E-state index >= 15 is 0 Å². The van der Waals surface area contributed by atoms with E-state index in [9.17, 15) is 0 Å². The van der Waals surface area contributed by atoms with Crippen molar-refractivity contribution in [1.29, 1.82) is 0 Å². The minimum Gasteiger partial charge on any atom is -0.488 e. The quantitative estimate of drug-likeness (QED) is 0.791. The van der Waals surface area contributed by atoms with Gasteiger partial charge < -0.3 is 14.8 Å². The third kappa shape index (κ3) is 4.44. The van der Waals surface area contributed by atoms with Gasteiger partial charge >= 0.3 is 0 Å². The highest BCUT2D eigenvalue weighted by molar-refractivity contribution is 9.10. The third-order valence-corrected chi connectivity index (χ3v) is 4.81. The van der Waals surface area contributed by atoms with E-state index in [1.807, 2.05) is 12.1 Å². The Kier molecular flexibility index (Phi) is 5.55. The van der Waals surface area contributed by atoms with Crippen molar-refractivity contribution in [2.75, 3.05) is 19.7 Å². The van der Waals surface area contributed by atoms with Gasteiger partial charge in [0.2, 0.25) is 0 Å². The molecule has 0 saturated heterocycles. The topological polar surface area (TPSA) is 30.5 Å². The Morgan fingerprint density at radius 3 is 2.95 bits per heavy atom. The van der Waals surface area contributed by atoms with E-state index in [1.165, 1.54) is 37.7 Å². The molecule has 0 aromatic heterocycles. The molecule has 1 unspecified atom stereocenters. The summed E-state index contributed by atoms with van der Waals surface area (Å²) in [6, 6.07) is 6.24. The first-order valence-corrected chi connectivity index (χ1v) is 8.88. The van der Waals surface area contributed by atoms with E-state index in [-0.39, 0.29) is 6.10 Å². The van der Waals surface area contributed by atoms with Gasteiger partial charge in [0, 0.05) is 24.0 Å². The van der Waals surface area contributed by atoms with Crippen LogP contribution in [0.5, 0.6) is 5.75 Å². The fraction of sp³-hybridized carbons (Fsp3) is 0.647. The van der Waals surface area contributed by atoms with Crippen LogP contribution in [-0.4, -0.2) is 31.9 Å². The largest absolute Gasteiger partial charge is 0.488 e. The summed E-state index contributed by atoms with van der Waals surface area (Å²) in [6.45, 7) is 2.62. The van der Waals surface area contributed by atoms with Crippen LogP contribution in [0.25, 0.3) is 0 Å². The van der Waals surface area contributed by atoms with Crippen molar-refractivity contribution in [3.05, 3.63) is 28.2 Å². The molecular formula is C17H24BrNO2. The van der Waals surface area contributed by atoms with Gasteiger partial charge in [-0.15, -0.1) is 0 Å². The van der Waals surface area contributed by atoms with Crippen molar-refractivity contribution >= 4 is 15.9 Å². The molecule has 4 heteroatoms. The molecule has 2 aliphatic rings. The predicted octanol–water partition coefficient (Wildman–Crippen LogP) is 3.69. The molecule has 3 nitrogen and oxygen atoms in total. The van der Waals surface area contributed by atoms with Gasteiger partial charge in [-0.05, 0) is 36.6 Å². The van der Waals surface area contributed by atoms with E-state index in [1.54, 1.807) is 0 Å². The molecule has 1 atom stereocenters. The number of ether oxygens (including phenoxy) is 2. The van der Waals surface area contributed by atoms with Gasteiger partial charge in [0.1, 0.15) is 11.9 Å². The molecule has 1 heterocycles. The molecule has 1 aliphatic carbocycles. The van der Waals surface area contributed by atoms with E-state index in [0.717, 1.165) is 36.3 Å². The van der Waals surface area contributed by atoms with Crippen LogP contribution in [0.15, 0.2) is 22.7 Å². The number of rotatable bonds is 6. The molecular weight excluding hydrogens is 330 g/mol. The summed E-state index contributed by atoms with van der Waals surface area (Å²) in [5, 5.41) is 3.45. The van der Waals surface area contributed by atoms with E-state index < -0.39 is 0 Å². The highest BCUT2D eigenvalue weighted by atomic mass is 79.9. The molecule has 3 rings (SSSR count). The smallest absolute Gasteiger partial charge is 0.123 e. The SMILES string of the molecule is Brc1ccc2c(c1)CC(CNCCOC1CCCCC1)O2. The van der Waals surface area contributed by atoms with E-state index in [4.69, 9.17) is 9.47 Å². The molecule has 0 amide bonds. The molecule has 116 valence electrons. The second kappa shape index (κ2) is 7.61. The fourth-order valence-corrected chi connectivity index (χ4v) is 3.60. The first-order chi connectivity index (χ1) is 10.3. The molecule has 1 fully saturated rings. The molecule has 21 heavy (non-hydrogen) atoms. The number of hydrogen-bond donors (Lipinski definition) is 1. The number of nitrogens with one attached hydrogen (secondary N) is 1. The third-order valence-electron chi connectivity index (χ3n) is 4.32. The minimum absolute atomic E-state index is 0.254. The zero-order chi connectivity index (χ0) is 14.5. The second-order valence-electron chi connectivity index (χ2n) is 6.03. The van der Waals surface area contributed by atoms with Crippen LogP contribution in [0.3, 0.4) is 0 Å². The van der Waals surface area contributed by atoms with Gasteiger partial charge in [-0.2, -0.15) is 0 Å². The molecule has 1 aromatic carbocycles. The highest BCUT2D eigenvalue weighted by Crippen LogP contribution is 2.30. The maximum atomic E-state index is 5.93. The van der Waals surface area contributed by atoms with Crippen molar-refractivity contribution in [3.8, 4) is 5.75 Å². The Labute approximate surface area is 135 Å². The van der Waals surface area contributed by atoms with E-state index in [2.05, 4.69) is 27.3 Å². The minimum atomic E-state index is 0.254. The lowest BCUT2D eigenvalue weighted by Crippen LogP contribution is -2.33. The summed E-state index contributed by atoms with van der Waals surface area (Å²) in [4.78, 5) is 0. The molecule has 1 aliphatic heterocycles. The summed E-state index contributed by atoms with van der Waals surface area (Å²) >= 11 is 3.51. The van der Waals surface area contributed by atoms with Gasteiger partial charge in [0.25, 0.3) is 0 Å². The van der Waals surface area contributed by atoms with Gasteiger partial charge in [-0.1, -0.05) is 35.2 Å². The predicted molar refractivity (Wildman–Crippen MR) is 88.0 cm³/mol. The zero-order valence-corrected chi connectivity index (χ0v) is 14.0. The highest BCUT2D eigenvalue weighted by Gasteiger charge is 2.22. The van der Waals surface area contributed by atoms with Crippen molar-refractivity contribution in [2.24, 2.45) is 0 Å². The Morgan fingerprint density at radius 1 is 1.24 bits per heavy atom. The number of hydrogen-bond acceptors (Lipinski definition) is 3. The van der Waals surface area contributed by atoms with Crippen LogP contribution in [0, 0.1) is 0 Å². The lowest BCUT2D eigenvalue weighted by atomic mass is 9.98. The van der Waals surface area contributed by atoms with Gasteiger partial charge in [-0.25, -0.2) is 0 Å². The Hall–Kier alpha value is -0.580. The standard InChI is InChI=1S/C17H24BrNO2/c18-14-6-7-17-13(10-14)11-16(21-17)12-19-8-9-20-15-4-2-1-3-5-15/h6-7,10,15-16,19H,1-5,8-9,11-12H2. The average Bonchev–Trinajstić information content (AvgIpc) is 2.90. The fourth-order valence-electron chi connectivity index (χ4n) is 3.20. The second-order valence-corrected chi connectivity index (χ2v) is 6.95. The first kappa shape index (κ1) is 15.3. The lowest BCUT2D eigenvalue weighted by Gasteiger charge is -2.22. The Bertz CT molecular complexity index is 460. The van der Waals surface area contributed by atoms with Crippen LogP contribution in [-0.2, 0) is 11.2 Å². The zero-order valence-electron chi connectivity index (χ0n) is 12.4. The molecule has 0 radical (unpaired) electrons. The molecule has 0 spiro atoms. The monoisotopic (exact) mass is 353 g/mol. The maximum Gasteiger partial charge on any atom is 0.123 e.